The molecule has 13 heteroatoms. The van der Waals surface area contributed by atoms with Crippen molar-refractivity contribution in [3.05, 3.63) is 100 Å². The van der Waals surface area contributed by atoms with Gasteiger partial charge in [0.05, 0.1) is 12.2 Å². The zero-order valence-corrected chi connectivity index (χ0v) is 25.5. The lowest BCUT2D eigenvalue weighted by molar-refractivity contribution is -0.763. The van der Waals surface area contributed by atoms with Gasteiger partial charge < -0.3 is 29.8 Å². The Hall–Kier alpha value is -4.36. The van der Waals surface area contributed by atoms with Crippen molar-refractivity contribution in [2.45, 2.75) is 76.4 Å². The number of nitrogens with zero attached hydrogens (tertiary/aromatic N) is 1. The first-order valence-electron chi connectivity index (χ1n) is 15.0. The van der Waals surface area contributed by atoms with Crippen LogP contribution in [0.25, 0.3) is 0 Å². The van der Waals surface area contributed by atoms with E-state index in [1.54, 1.807) is 60.7 Å². The summed E-state index contributed by atoms with van der Waals surface area (Å²) < 4.78 is 39.2. The minimum absolute atomic E-state index is 0.0788. The van der Waals surface area contributed by atoms with Crippen molar-refractivity contribution < 1.29 is 48.0 Å². The standard InChI is InChI=1S/C33H40F2N2O9/c1-23(32(41)44-20-24-10-9-11-25(18-24)21-46-37(42)43)36-31(40)15-8-3-2-7-14-27-28(30(39)19-29(27)38)16-17-33(34,35)22-45-26-12-5-4-6-13-26/h2,4-7,9-13,16-18,23,27-30,38-39H,3,8,14-15,19-22H2,1H3,(H,36,40)/b7-2-,17-16+/t23?,27-,28-,29+,30-/m1/s1. The number of unbranched alkanes of at least 4 members (excludes halogenated alkanes) is 1. The molecule has 0 saturated heterocycles. The molecule has 1 aliphatic carbocycles. The van der Waals surface area contributed by atoms with Crippen LogP contribution in [-0.4, -0.2) is 58.0 Å². The molecule has 0 spiro atoms. The lowest BCUT2D eigenvalue weighted by Crippen LogP contribution is -2.39. The minimum atomic E-state index is -3.26. The molecule has 3 rings (SSSR count). The van der Waals surface area contributed by atoms with E-state index in [9.17, 15) is 38.7 Å². The third kappa shape index (κ3) is 12.6. The second-order valence-corrected chi connectivity index (χ2v) is 11.1. The first-order valence-corrected chi connectivity index (χ1v) is 15.0. The number of ether oxygens (including phenoxy) is 2. The number of halogens is 2. The van der Waals surface area contributed by atoms with Gasteiger partial charge in [-0.3, -0.25) is 4.79 Å². The van der Waals surface area contributed by atoms with Crippen LogP contribution in [-0.2, 0) is 32.4 Å². The second kappa shape index (κ2) is 18.0. The number of para-hydroxylation sites is 1. The van der Waals surface area contributed by atoms with E-state index in [1.165, 1.54) is 13.0 Å². The number of carbonyl (C=O) groups excluding carboxylic acids is 2. The maximum Gasteiger partial charge on any atom is 0.328 e. The highest BCUT2D eigenvalue weighted by Crippen LogP contribution is 2.37. The number of aliphatic hydroxyl groups is 2. The Kier molecular flexibility index (Phi) is 14.1. The van der Waals surface area contributed by atoms with Crippen LogP contribution in [0.15, 0.2) is 78.9 Å². The smallest absolute Gasteiger partial charge is 0.328 e. The van der Waals surface area contributed by atoms with Gasteiger partial charge in [-0.15, -0.1) is 10.1 Å². The van der Waals surface area contributed by atoms with Crippen LogP contribution < -0.4 is 10.1 Å². The molecular weight excluding hydrogens is 606 g/mol. The molecule has 0 aromatic heterocycles. The molecule has 0 heterocycles. The summed E-state index contributed by atoms with van der Waals surface area (Å²) in [6.45, 7) is 0.342. The largest absolute Gasteiger partial charge is 0.487 e. The fourth-order valence-corrected chi connectivity index (χ4v) is 5.04. The Morgan fingerprint density at radius 3 is 2.52 bits per heavy atom. The maximum atomic E-state index is 14.4. The van der Waals surface area contributed by atoms with E-state index in [0.29, 0.717) is 36.1 Å². The maximum absolute atomic E-state index is 14.4. The normalized spacial score (nSPS) is 20.5. The molecule has 1 aliphatic rings. The molecule has 250 valence electrons. The Balaban J connectivity index is 1.36. The van der Waals surface area contributed by atoms with E-state index in [2.05, 4.69) is 10.2 Å². The number of alkyl halides is 2. The number of rotatable bonds is 18. The molecule has 0 radical (unpaired) electrons. The number of amides is 1. The van der Waals surface area contributed by atoms with Gasteiger partial charge in [0, 0.05) is 18.8 Å². The summed E-state index contributed by atoms with van der Waals surface area (Å²) in [4.78, 5) is 39.3. The molecule has 0 bridgehead atoms. The molecular formula is C33H40F2N2O9. The average Bonchev–Trinajstić information content (AvgIpc) is 3.30. The van der Waals surface area contributed by atoms with Crippen LogP contribution in [0, 0.1) is 22.0 Å². The Morgan fingerprint density at radius 2 is 1.80 bits per heavy atom. The minimum Gasteiger partial charge on any atom is -0.487 e. The molecule has 0 aliphatic heterocycles. The summed E-state index contributed by atoms with van der Waals surface area (Å²) >= 11 is 0. The highest BCUT2D eigenvalue weighted by atomic mass is 19.3. The number of carbonyl (C=O) groups is 2. The predicted octanol–water partition coefficient (Wildman–Crippen LogP) is 4.69. The number of benzene rings is 2. The molecule has 1 saturated carbocycles. The molecule has 3 N–H and O–H groups in total. The molecule has 11 nitrogen and oxygen atoms in total. The Labute approximate surface area is 266 Å². The van der Waals surface area contributed by atoms with Gasteiger partial charge in [0.2, 0.25) is 5.91 Å². The van der Waals surface area contributed by atoms with Gasteiger partial charge in [0.15, 0.2) is 6.61 Å². The van der Waals surface area contributed by atoms with Gasteiger partial charge in [0.25, 0.3) is 11.0 Å². The van der Waals surface area contributed by atoms with Crippen LogP contribution in [0.4, 0.5) is 8.78 Å². The van der Waals surface area contributed by atoms with Gasteiger partial charge in [-0.1, -0.05) is 60.7 Å². The number of nitrogens with one attached hydrogen (secondary N) is 1. The lowest BCUT2D eigenvalue weighted by atomic mass is 9.89. The number of esters is 1. The average molecular weight is 647 g/mol. The first kappa shape index (κ1) is 36.1. The summed E-state index contributed by atoms with van der Waals surface area (Å²) in [5.41, 5.74) is 1.15. The summed E-state index contributed by atoms with van der Waals surface area (Å²) in [6.07, 6.45) is 5.44. The highest BCUT2D eigenvalue weighted by Gasteiger charge is 2.40. The number of hydrogen-bond acceptors (Lipinski definition) is 9. The van der Waals surface area contributed by atoms with Crippen molar-refractivity contribution in [2.75, 3.05) is 6.61 Å². The fourth-order valence-electron chi connectivity index (χ4n) is 5.04. The van der Waals surface area contributed by atoms with Crippen molar-refractivity contribution in [2.24, 2.45) is 11.8 Å². The summed E-state index contributed by atoms with van der Waals surface area (Å²) in [7, 11) is 0. The number of aliphatic hydroxyl groups excluding tert-OH is 2. The van der Waals surface area contributed by atoms with E-state index < -0.39 is 53.7 Å². The molecule has 1 amide bonds. The van der Waals surface area contributed by atoms with Crippen LogP contribution in [0.1, 0.15) is 50.2 Å². The second-order valence-electron chi connectivity index (χ2n) is 11.1. The zero-order valence-electron chi connectivity index (χ0n) is 25.5. The SMILES string of the molecule is CC(NC(=O)CCC/C=C\C[C@@H]1[C@@H](/C=C/C(F)(F)COc2ccccc2)[C@H](O)C[C@@H]1O)C(=O)OCc1cccc(CO[N+](=O)[O-])c1. The van der Waals surface area contributed by atoms with E-state index in [0.717, 1.165) is 6.08 Å². The third-order valence-electron chi connectivity index (χ3n) is 7.44. The van der Waals surface area contributed by atoms with Crippen LogP contribution in [0.3, 0.4) is 0 Å². The molecule has 46 heavy (non-hydrogen) atoms. The molecule has 1 fully saturated rings. The monoisotopic (exact) mass is 646 g/mol. The van der Waals surface area contributed by atoms with Gasteiger partial charge in [-0.05, 0) is 61.4 Å². The van der Waals surface area contributed by atoms with Crippen molar-refractivity contribution in [3.63, 3.8) is 0 Å². The van der Waals surface area contributed by atoms with Gasteiger partial charge in [0.1, 0.15) is 25.0 Å². The number of allylic oxidation sites excluding steroid dienone is 2. The van der Waals surface area contributed by atoms with Crippen LogP contribution in [0.5, 0.6) is 5.75 Å². The summed E-state index contributed by atoms with van der Waals surface area (Å²) in [6, 6.07) is 14.0. The highest BCUT2D eigenvalue weighted by molar-refractivity contribution is 5.84. The van der Waals surface area contributed by atoms with Crippen molar-refractivity contribution in [1.29, 1.82) is 0 Å². The van der Waals surface area contributed by atoms with Gasteiger partial charge >= 0.3 is 5.97 Å². The Morgan fingerprint density at radius 1 is 1.09 bits per heavy atom. The number of hydrogen-bond donors (Lipinski definition) is 3. The summed E-state index contributed by atoms with van der Waals surface area (Å²) in [5.74, 6) is -5.01. The molecule has 2 aromatic rings. The quantitative estimate of drug-likeness (QED) is 0.0687. The third-order valence-corrected chi connectivity index (χ3v) is 7.44. The fraction of sp³-hybridized carbons (Fsp3) is 0.455. The topological polar surface area (TPSA) is 157 Å². The van der Waals surface area contributed by atoms with Gasteiger partial charge in [-0.25, -0.2) is 4.79 Å². The van der Waals surface area contributed by atoms with Crippen LogP contribution in [0.2, 0.25) is 0 Å². The molecule has 1 unspecified atom stereocenters. The summed E-state index contributed by atoms with van der Waals surface area (Å²) in [5, 5.41) is 32.8. The predicted molar refractivity (Wildman–Crippen MR) is 163 cm³/mol. The van der Waals surface area contributed by atoms with Crippen molar-refractivity contribution in [1.82, 2.24) is 5.32 Å². The zero-order chi connectivity index (χ0) is 33.5. The van der Waals surface area contributed by atoms with E-state index in [1.807, 2.05) is 6.08 Å². The lowest BCUT2D eigenvalue weighted by Gasteiger charge is -2.20. The molecule has 5 atom stereocenters. The van der Waals surface area contributed by atoms with Crippen molar-refractivity contribution >= 4 is 11.9 Å². The first-order chi connectivity index (χ1) is 21.9. The van der Waals surface area contributed by atoms with E-state index in [-0.39, 0.29) is 32.0 Å². The molecule has 2 aromatic carbocycles. The van der Waals surface area contributed by atoms with Crippen LogP contribution >= 0.6 is 0 Å². The van der Waals surface area contributed by atoms with Gasteiger partial charge in [-0.2, -0.15) is 8.78 Å². The Bertz CT molecular complexity index is 1340. The van der Waals surface area contributed by atoms with E-state index in [4.69, 9.17) is 9.47 Å². The van der Waals surface area contributed by atoms with Crippen molar-refractivity contribution in [3.8, 4) is 5.75 Å². The van der Waals surface area contributed by atoms with E-state index >= 15 is 0 Å².